The molecule has 1 heterocycles. The number of rotatable bonds is 5. The highest BCUT2D eigenvalue weighted by Gasteiger charge is 2.08. The van der Waals surface area contributed by atoms with Gasteiger partial charge < -0.3 is 4.74 Å². The monoisotopic (exact) mass is 387 g/mol. The summed E-state index contributed by atoms with van der Waals surface area (Å²) in [5.41, 5.74) is 1.72. The maximum atomic E-state index is 13.5. The van der Waals surface area contributed by atoms with Gasteiger partial charge in [-0.3, -0.25) is 0 Å². The van der Waals surface area contributed by atoms with Crippen LogP contribution in [-0.4, -0.2) is 17.2 Å². The summed E-state index contributed by atoms with van der Waals surface area (Å²) in [4.78, 5) is 17.3. The van der Waals surface area contributed by atoms with Gasteiger partial charge in [-0.15, -0.1) is 11.8 Å². The molecule has 0 saturated carbocycles. The van der Waals surface area contributed by atoms with E-state index in [1.165, 1.54) is 18.2 Å². The maximum Gasteiger partial charge on any atom is 0.331 e. The lowest BCUT2D eigenvalue weighted by atomic mass is 10.1. The summed E-state index contributed by atoms with van der Waals surface area (Å²) < 4.78 is 18.7. The fourth-order valence-corrected chi connectivity index (χ4v) is 2.99. The van der Waals surface area contributed by atoms with Crippen molar-refractivity contribution in [2.45, 2.75) is 11.5 Å². The van der Waals surface area contributed by atoms with Crippen molar-refractivity contribution < 1.29 is 13.9 Å². The standard InChI is InChI=1S/C20H15ClFNO2S/c1-26-16-8-6-14-10-15(20(21)23-18(14)11-16)12-25-19(24)9-7-13-4-2-3-5-17(13)22/h2-11H,12H2,1H3/b9-7+. The van der Waals surface area contributed by atoms with Gasteiger partial charge in [0.25, 0.3) is 0 Å². The second kappa shape index (κ2) is 8.34. The van der Waals surface area contributed by atoms with Crippen LogP contribution in [0, 0.1) is 5.82 Å². The van der Waals surface area contributed by atoms with Gasteiger partial charge in [0, 0.05) is 27.5 Å². The SMILES string of the molecule is CSc1ccc2cc(COC(=O)/C=C/c3ccccc3F)c(Cl)nc2c1. The Morgan fingerprint density at radius 2 is 2.08 bits per heavy atom. The Balaban J connectivity index is 1.70. The lowest BCUT2D eigenvalue weighted by Crippen LogP contribution is -2.02. The normalized spacial score (nSPS) is 11.2. The van der Waals surface area contributed by atoms with E-state index in [-0.39, 0.29) is 6.61 Å². The third-order valence-corrected chi connectivity index (χ3v) is 4.78. The molecule has 0 atom stereocenters. The topological polar surface area (TPSA) is 39.2 Å². The minimum Gasteiger partial charge on any atom is -0.458 e. The first-order valence-electron chi connectivity index (χ1n) is 7.79. The first-order valence-corrected chi connectivity index (χ1v) is 9.39. The zero-order valence-corrected chi connectivity index (χ0v) is 15.5. The minimum absolute atomic E-state index is 0.00744. The van der Waals surface area contributed by atoms with Gasteiger partial charge in [-0.25, -0.2) is 14.2 Å². The number of carbonyl (C=O) groups excluding carboxylic acids is 1. The number of ether oxygens (including phenoxy) is 1. The zero-order valence-electron chi connectivity index (χ0n) is 13.9. The molecule has 26 heavy (non-hydrogen) atoms. The summed E-state index contributed by atoms with van der Waals surface area (Å²) in [6, 6.07) is 13.9. The van der Waals surface area contributed by atoms with Crippen LogP contribution in [0.5, 0.6) is 0 Å². The molecule has 0 amide bonds. The van der Waals surface area contributed by atoms with E-state index in [1.807, 2.05) is 30.5 Å². The number of nitrogens with zero attached hydrogens (tertiary/aromatic N) is 1. The van der Waals surface area contributed by atoms with Crippen molar-refractivity contribution >= 4 is 46.3 Å². The van der Waals surface area contributed by atoms with E-state index < -0.39 is 11.8 Å². The Morgan fingerprint density at radius 1 is 1.27 bits per heavy atom. The molecule has 0 saturated heterocycles. The average Bonchev–Trinajstić information content (AvgIpc) is 2.65. The Hall–Kier alpha value is -2.37. The van der Waals surface area contributed by atoms with E-state index in [9.17, 15) is 9.18 Å². The smallest absolute Gasteiger partial charge is 0.331 e. The van der Waals surface area contributed by atoms with E-state index in [0.717, 1.165) is 15.8 Å². The van der Waals surface area contributed by atoms with Crippen LogP contribution in [0.1, 0.15) is 11.1 Å². The van der Waals surface area contributed by atoms with Crippen molar-refractivity contribution in [3.63, 3.8) is 0 Å². The largest absolute Gasteiger partial charge is 0.458 e. The number of thioether (sulfide) groups is 1. The highest BCUT2D eigenvalue weighted by Crippen LogP contribution is 2.25. The minimum atomic E-state index is -0.581. The quantitative estimate of drug-likeness (QED) is 0.250. The van der Waals surface area contributed by atoms with Crippen LogP contribution in [-0.2, 0) is 16.1 Å². The van der Waals surface area contributed by atoms with Crippen LogP contribution in [0.4, 0.5) is 4.39 Å². The first-order chi connectivity index (χ1) is 12.6. The van der Waals surface area contributed by atoms with E-state index in [1.54, 1.807) is 30.0 Å². The number of aromatic nitrogens is 1. The van der Waals surface area contributed by atoms with Crippen molar-refractivity contribution in [1.29, 1.82) is 0 Å². The summed E-state index contributed by atoms with van der Waals surface area (Å²) in [6.07, 6.45) is 4.55. The lowest BCUT2D eigenvalue weighted by molar-refractivity contribution is -0.138. The molecule has 132 valence electrons. The van der Waals surface area contributed by atoms with Crippen molar-refractivity contribution in [3.8, 4) is 0 Å². The second-order valence-electron chi connectivity index (χ2n) is 5.46. The molecule has 3 nitrogen and oxygen atoms in total. The molecule has 0 radical (unpaired) electrons. The second-order valence-corrected chi connectivity index (χ2v) is 6.70. The summed E-state index contributed by atoms with van der Waals surface area (Å²) in [5, 5.41) is 1.21. The van der Waals surface area contributed by atoms with E-state index >= 15 is 0 Å². The fourth-order valence-electron chi connectivity index (χ4n) is 2.36. The molecule has 0 N–H and O–H groups in total. The number of hydrogen-bond donors (Lipinski definition) is 0. The number of pyridine rings is 1. The molecular formula is C20H15ClFNO2S. The molecular weight excluding hydrogens is 373 g/mol. The lowest BCUT2D eigenvalue weighted by Gasteiger charge is -2.07. The molecule has 1 aromatic heterocycles. The average molecular weight is 388 g/mol. The molecule has 0 aliphatic heterocycles. The number of esters is 1. The Kier molecular flexibility index (Phi) is 5.91. The van der Waals surface area contributed by atoms with Gasteiger partial charge in [0.15, 0.2) is 0 Å². The van der Waals surface area contributed by atoms with Crippen LogP contribution in [0.15, 0.2) is 59.5 Å². The Bertz CT molecular complexity index is 991. The number of fused-ring (bicyclic) bond motifs is 1. The molecule has 0 aliphatic carbocycles. The van der Waals surface area contributed by atoms with Crippen molar-refractivity contribution in [2.75, 3.05) is 6.26 Å². The van der Waals surface area contributed by atoms with Gasteiger partial charge in [-0.05, 0) is 36.6 Å². The van der Waals surface area contributed by atoms with Crippen LogP contribution in [0.2, 0.25) is 5.15 Å². The molecule has 0 spiro atoms. The summed E-state index contributed by atoms with van der Waals surface area (Å²) >= 11 is 7.82. The van der Waals surface area contributed by atoms with Crippen LogP contribution < -0.4 is 0 Å². The molecule has 0 aliphatic rings. The molecule has 0 unspecified atom stereocenters. The first kappa shape index (κ1) is 18.4. The molecule has 0 fully saturated rings. The van der Waals surface area contributed by atoms with Crippen molar-refractivity contribution in [2.24, 2.45) is 0 Å². The Morgan fingerprint density at radius 3 is 2.85 bits per heavy atom. The van der Waals surface area contributed by atoms with Gasteiger partial charge in [-0.2, -0.15) is 0 Å². The van der Waals surface area contributed by atoms with Crippen LogP contribution in [0.25, 0.3) is 17.0 Å². The molecule has 3 aromatic rings. The summed E-state index contributed by atoms with van der Waals surface area (Å²) in [5.74, 6) is -0.981. The van der Waals surface area contributed by atoms with Crippen molar-refractivity contribution in [3.05, 3.63) is 76.7 Å². The Labute approximate surface area is 159 Å². The van der Waals surface area contributed by atoms with E-state index in [0.29, 0.717) is 16.3 Å². The van der Waals surface area contributed by atoms with Gasteiger partial charge in [0.1, 0.15) is 17.6 Å². The molecule has 6 heteroatoms. The maximum absolute atomic E-state index is 13.5. The van der Waals surface area contributed by atoms with Crippen LogP contribution in [0.3, 0.4) is 0 Å². The summed E-state index contributed by atoms with van der Waals surface area (Å²) in [6.45, 7) is -0.00744. The number of hydrogen-bond acceptors (Lipinski definition) is 4. The van der Waals surface area contributed by atoms with Crippen molar-refractivity contribution in [1.82, 2.24) is 4.98 Å². The third-order valence-electron chi connectivity index (χ3n) is 3.73. The fraction of sp³-hybridized carbons (Fsp3) is 0.100. The van der Waals surface area contributed by atoms with E-state index in [4.69, 9.17) is 16.3 Å². The van der Waals surface area contributed by atoms with Crippen LogP contribution >= 0.6 is 23.4 Å². The van der Waals surface area contributed by atoms with E-state index in [2.05, 4.69) is 4.98 Å². The third kappa shape index (κ3) is 4.42. The number of halogens is 2. The van der Waals surface area contributed by atoms with Gasteiger partial charge in [-0.1, -0.05) is 35.9 Å². The molecule has 3 rings (SSSR count). The highest BCUT2D eigenvalue weighted by atomic mass is 35.5. The number of benzene rings is 2. The molecule has 0 bridgehead atoms. The summed E-state index contributed by atoms with van der Waals surface area (Å²) in [7, 11) is 0. The zero-order chi connectivity index (χ0) is 18.5. The number of carbonyl (C=O) groups is 1. The van der Waals surface area contributed by atoms with Gasteiger partial charge in [0.2, 0.25) is 0 Å². The predicted octanol–water partition coefficient (Wildman–Crippen LogP) is 5.51. The predicted molar refractivity (Wildman–Crippen MR) is 104 cm³/mol. The molecule has 2 aromatic carbocycles. The van der Waals surface area contributed by atoms with Gasteiger partial charge >= 0.3 is 5.97 Å². The van der Waals surface area contributed by atoms with Gasteiger partial charge in [0.05, 0.1) is 5.52 Å². The highest BCUT2D eigenvalue weighted by molar-refractivity contribution is 7.98.